The lowest BCUT2D eigenvalue weighted by Crippen LogP contribution is -2.33. The second-order valence-electron chi connectivity index (χ2n) is 4.99. The van der Waals surface area contributed by atoms with Crippen molar-refractivity contribution in [1.29, 1.82) is 0 Å². The highest BCUT2D eigenvalue weighted by Gasteiger charge is 2.21. The van der Waals surface area contributed by atoms with E-state index >= 15 is 0 Å². The van der Waals surface area contributed by atoms with Crippen LogP contribution < -0.4 is 11.1 Å². The molecule has 1 fully saturated rings. The average molecular weight is 379 g/mol. The first-order valence-electron chi connectivity index (χ1n) is 6.54. The van der Waals surface area contributed by atoms with Crippen molar-refractivity contribution in [3.05, 3.63) is 11.7 Å². The van der Waals surface area contributed by atoms with Gasteiger partial charge in [0.15, 0.2) is 11.8 Å². The Labute approximate surface area is 130 Å². The summed E-state index contributed by atoms with van der Waals surface area (Å²) in [5.41, 5.74) is 5.73. The van der Waals surface area contributed by atoms with Gasteiger partial charge in [0.2, 0.25) is 5.89 Å². The van der Waals surface area contributed by atoms with Crippen LogP contribution in [0.3, 0.4) is 0 Å². The number of nitrogens with zero attached hydrogens (tertiary/aromatic N) is 3. The number of aromatic nitrogens is 2. The van der Waals surface area contributed by atoms with E-state index < -0.39 is 0 Å². The Morgan fingerprint density at radius 1 is 1.53 bits per heavy atom. The number of aliphatic imine (C=N–C) groups is 1. The summed E-state index contributed by atoms with van der Waals surface area (Å²) in [6.45, 7) is 4.78. The van der Waals surface area contributed by atoms with Crippen LogP contribution in [0.4, 0.5) is 0 Å². The largest absolute Gasteiger partial charge is 0.370 e. The molecule has 3 N–H and O–H groups in total. The molecule has 0 atom stereocenters. The molecule has 2 rings (SSSR count). The first-order valence-corrected chi connectivity index (χ1v) is 6.54. The summed E-state index contributed by atoms with van der Waals surface area (Å²) in [5.74, 6) is 2.30. The minimum absolute atomic E-state index is 0. The van der Waals surface area contributed by atoms with Crippen LogP contribution in [0.25, 0.3) is 0 Å². The quantitative estimate of drug-likeness (QED) is 0.341. The van der Waals surface area contributed by atoms with E-state index in [9.17, 15) is 0 Å². The fraction of sp³-hybridized carbons (Fsp3) is 0.750. The van der Waals surface area contributed by atoms with Crippen molar-refractivity contribution in [3.63, 3.8) is 0 Å². The molecule has 1 aromatic rings. The van der Waals surface area contributed by atoms with Crippen molar-refractivity contribution >= 4 is 29.9 Å². The zero-order valence-corrected chi connectivity index (χ0v) is 13.8. The first kappa shape index (κ1) is 16.2. The second kappa shape index (κ2) is 7.66. The molecule has 19 heavy (non-hydrogen) atoms. The van der Waals surface area contributed by atoms with Crippen molar-refractivity contribution in [2.75, 3.05) is 6.54 Å². The molecule has 0 amide bonds. The van der Waals surface area contributed by atoms with Crippen LogP contribution in [0.2, 0.25) is 0 Å². The van der Waals surface area contributed by atoms with Gasteiger partial charge < -0.3 is 15.6 Å². The van der Waals surface area contributed by atoms with Crippen LogP contribution in [0.15, 0.2) is 9.52 Å². The minimum Gasteiger partial charge on any atom is -0.370 e. The molecule has 7 heteroatoms. The van der Waals surface area contributed by atoms with E-state index in [-0.39, 0.29) is 24.0 Å². The van der Waals surface area contributed by atoms with Crippen molar-refractivity contribution in [2.24, 2.45) is 10.7 Å². The van der Waals surface area contributed by atoms with E-state index in [1.807, 2.05) is 13.8 Å². The smallest absolute Gasteiger partial charge is 0.226 e. The van der Waals surface area contributed by atoms with Gasteiger partial charge in [-0.1, -0.05) is 19.0 Å². The van der Waals surface area contributed by atoms with Crippen molar-refractivity contribution in [1.82, 2.24) is 15.5 Å². The number of guanidine groups is 1. The minimum atomic E-state index is 0. The standard InChI is InChI=1S/C12H21N5O.HI/c1-8(2)11-16-10(18-17-11)4-3-7-14-12(13)15-9-5-6-9;/h8-9H,3-7H2,1-2H3,(H3,13,14,15);1H. The molecule has 0 spiro atoms. The molecule has 0 unspecified atom stereocenters. The molecule has 108 valence electrons. The van der Waals surface area contributed by atoms with Crippen LogP contribution in [0.5, 0.6) is 0 Å². The van der Waals surface area contributed by atoms with Crippen LogP contribution in [-0.4, -0.2) is 28.7 Å². The monoisotopic (exact) mass is 379 g/mol. The van der Waals surface area contributed by atoms with Gasteiger partial charge in [-0.3, -0.25) is 4.99 Å². The van der Waals surface area contributed by atoms with Gasteiger partial charge in [-0.2, -0.15) is 4.98 Å². The average Bonchev–Trinajstić information content (AvgIpc) is 2.99. The van der Waals surface area contributed by atoms with Gasteiger partial charge in [0.1, 0.15) is 0 Å². The van der Waals surface area contributed by atoms with Gasteiger partial charge in [-0.05, 0) is 19.3 Å². The third kappa shape index (κ3) is 5.75. The molecule has 1 aliphatic carbocycles. The highest BCUT2D eigenvalue weighted by Crippen LogP contribution is 2.18. The summed E-state index contributed by atoms with van der Waals surface area (Å²) in [7, 11) is 0. The summed E-state index contributed by atoms with van der Waals surface area (Å²) >= 11 is 0. The molecule has 0 radical (unpaired) electrons. The molecule has 1 aliphatic rings. The van der Waals surface area contributed by atoms with E-state index in [2.05, 4.69) is 20.4 Å². The number of aryl methyl sites for hydroxylation is 1. The molecule has 0 bridgehead atoms. The Hall–Kier alpha value is -0.860. The normalized spacial score (nSPS) is 15.4. The molecule has 1 saturated carbocycles. The SMILES string of the molecule is CC(C)c1noc(CCCN=C(N)NC2CC2)n1.I. The Kier molecular flexibility index (Phi) is 6.53. The molecule has 1 aromatic heterocycles. The van der Waals surface area contributed by atoms with Gasteiger partial charge in [0, 0.05) is 24.9 Å². The summed E-state index contributed by atoms with van der Waals surface area (Å²) in [6.07, 6.45) is 4.03. The predicted molar refractivity (Wildman–Crippen MR) is 84.8 cm³/mol. The highest BCUT2D eigenvalue weighted by molar-refractivity contribution is 14.0. The molecular formula is C12H22IN5O. The van der Waals surface area contributed by atoms with E-state index in [1.54, 1.807) is 0 Å². The van der Waals surface area contributed by atoms with Crippen molar-refractivity contribution in [3.8, 4) is 0 Å². The van der Waals surface area contributed by atoms with Crippen LogP contribution in [0, 0.1) is 0 Å². The summed E-state index contributed by atoms with van der Waals surface area (Å²) in [4.78, 5) is 8.57. The number of rotatable bonds is 6. The third-order valence-electron chi connectivity index (χ3n) is 2.76. The molecule has 6 nitrogen and oxygen atoms in total. The Balaban J connectivity index is 0.00000180. The van der Waals surface area contributed by atoms with Gasteiger partial charge in [0.25, 0.3) is 0 Å². The van der Waals surface area contributed by atoms with Crippen LogP contribution >= 0.6 is 24.0 Å². The van der Waals surface area contributed by atoms with Gasteiger partial charge in [-0.15, -0.1) is 24.0 Å². The molecule has 0 aliphatic heterocycles. The third-order valence-corrected chi connectivity index (χ3v) is 2.76. The molecular weight excluding hydrogens is 357 g/mol. The lowest BCUT2D eigenvalue weighted by molar-refractivity contribution is 0.369. The van der Waals surface area contributed by atoms with Gasteiger partial charge in [0.05, 0.1) is 0 Å². The van der Waals surface area contributed by atoms with Crippen molar-refractivity contribution < 1.29 is 4.52 Å². The maximum atomic E-state index is 5.73. The number of halogens is 1. The molecule has 1 heterocycles. The van der Waals surface area contributed by atoms with Crippen LogP contribution in [-0.2, 0) is 6.42 Å². The number of nitrogens with two attached hydrogens (primary N) is 1. The lowest BCUT2D eigenvalue weighted by atomic mass is 10.2. The van der Waals surface area contributed by atoms with Crippen molar-refractivity contribution in [2.45, 2.75) is 51.5 Å². The Morgan fingerprint density at radius 3 is 2.84 bits per heavy atom. The zero-order chi connectivity index (χ0) is 13.0. The van der Waals surface area contributed by atoms with E-state index in [4.69, 9.17) is 10.3 Å². The first-order chi connectivity index (χ1) is 8.65. The second-order valence-corrected chi connectivity index (χ2v) is 4.99. The van der Waals surface area contributed by atoms with Gasteiger partial charge >= 0.3 is 0 Å². The lowest BCUT2D eigenvalue weighted by Gasteiger charge is -2.01. The van der Waals surface area contributed by atoms with E-state index in [1.165, 1.54) is 12.8 Å². The maximum Gasteiger partial charge on any atom is 0.226 e. The Bertz CT molecular complexity index is 414. The Morgan fingerprint density at radius 2 is 2.26 bits per heavy atom. The highest BCUT2D eigenvalue weighted by atomic mass is 127. The fourth-order valence-electron chi connectivity index (χ4n) is 1.52. The fourth-order valence-corrected chi connectivity index (χ4v) is 1.52. The summed E-state index contributed by atoms with van der Waals surface area (Å²) in [6, 6.07) is 0.554. The number of nitrogens with one attached hydrogen (secondary N) is 1. The predicted octanol–water partition coefficient (Wildman–Crippen LogP) is 1.81. The summed E-state index contributed by atoms with van der Waals surface area (Å²) < 4.78 is 5.15. The zero-order valence-electron chi connectivity index (χ0n) is 11.4. The van der Waals surface area contributed by atoms with Gasteiger partial charge in [-0.25, -0.2) is 0 Å². The van der Waals surface area contributed by atoms with Crippen LogP contribution in [0.1, 0.15) is 50.7 Å². The topological polar surface area (TPSA) is 89.3 Å². The number of hydrogen-bond acceptors (Lipinski definition) is 4. The van der Waals surface area contributed by atoms with E-state index in [0.29, 0.717) is 30.4 Å². The maximum absolute atomic E-state index is 5.73. The molecule has 0 saturated heterocycles. The summed E-state index contributed by atoms with van der Waals surface area (Å²) in [5, 5.41) is 7.07. The van der Waals surface area contributed by atoms with E-state index in [0.717, 1.165) is 18.7 Å². The number of hydrogen-bond donors (Lipinski definition) is 2. The molecule has 0 aromatic carbocycles.